The largest absolute Gasteiger partial charge is 0.480 e. The van der Waals surface area contributed by atoms with Crippen LogP contribution in [0.4, 0.5) is 0 Å². The molecule has 7 nitrogen and oxygen atoms in total. The van der Waals surface area contributed by atoms with Crippen molar-refractivity contribution in [3.05, 3.63) is 0 Å². The number of aliphatic carboxylic acids is 1. The molecule has 0 heterocycles. The fourth-order valence-electron chi connectivity index (χ4n) is 1.23. The minimum atomic E-state index is -3.96. The van der Waals surface area contributed by atoms with Gasteiger partial charge in [0, 0.05) is 7.05 Å². The smallest absolute Gasteiger partial charge is 0.322 e. The van der Waals surface area contributed by atoms with E-state index < -0.39 is 33.8 Å². The minimum absolute atomic E-state index is 0.0776. The van der Waals surface area contributed by atoms with Crippen LogP contribution in [0.2, 0.25) is 0 Å². The molecular formula is C9H17NO6S. The van der Waals surface area contributed by atoms with Gasteiger partial charge in [-0.15, -0.1) is 0 Å². The number of hydrogen-bond acceptors (Lipinski definition) is 5. The predicted molar refractivity (Wildman–Crippen MR) is 59.9 cm³/mol. The Morgan fingerprint density at radius 2 is 1.88 bits per heavy atom. The molecule has 0 aliphatic carbocycles. The van der Waals surface area contributed by atoms with Crippen LogP contribution in [0.25, 0.3) is 0 Å². The standard InChI is InChI=1S/C9H17NO6S/c1-4-7(9(12)13)10(3)17(14,15)6-8(11)16-5-2/h7H,4-6H2,1-3H3,(H,12,13). The third kappa shape index (κ3) is 4.70. The van der Waals surface area contributed by atoms with Gasteiger partial charge in [-0.25, -0.2) is 8.42 Å². The zero-order valence-electron chi connectivity index (χ0n) is 10.0. The average molecular weight is 267 g/mol. The zero-order valence-corrected chi connectivity index (χ0v) is 10.9. The summed E-state index contributed by atoms with van der Waals surface area (Å²) in [6.45, 7) is 3.18. The first kappa shape index (κ1) is 15.9. The molecule has 1 atom stereocenters. The van der Waals surface area contributed by atoms with Gasteiger partial charge in [-0.1, -0.05) is 6.92 Å². The highest BCUT2D eigenvalue weighted by Gasteiger charge is 2.32. The number of likely N-dealkylation sites (N-methyl/N-ethyl adjacent to an activating group) is 1. The van der Waals surface area contributed by atoms with Crippen molar-refractivity contribution >= 4 is 22.0 Å². The second-order valence-corrected chi connectivity index (χ2v) is 5.37. The summed E-state index contributed by atoms with van der Waals surface area (Å²) in [6, 6.07) is -1.17. The molecule has 1 N–H and O–H groups in total. The third-order valence-corrected chi connectivity index (χ3v) is 3.89. The molecule has 0 spiro atoms. The van der Waals surface area contributed by atoms with Gasteiger partial charge in [0.1, 0.15) is 6.04 Å². The normalized spacial score (nSPS) is 13.4. The summed E-state index contributed by atoms with van der Waals surface area (Å²) in [5, 5.41) is 8.82. The summed E-state index contributed by atoms with van der Waals surface area (Å²) in [5.74, 6) is -2.98. The summed E-state index contributed by atoms with van der Waals surface area (Å²) >= 11 is 0. The van der Waals surface area contributed by atoms with Crippen molar-refractivity contribution in [2.45, 2.75) is 26.3 Å². The van der Waals surface area contributed by atoms with E-state index in [2.05, 4.69) is 4.74 Å². The molecule has 0 aliphatic heterocycles. The highest BCUT2D eigenvalue weighted by molar-refractivity contribution is 7.89. The molecule has 0 bridgehead atoms. The van der Waals surface area contributed by atoms with Crippen molar-refractivity contribution in [2.24, 2.45) is 0 Å². The number of carboxylic acids is 1. The van der Waals surface area contributed by atoms with Gasteiger partial charge < -0.3 is 9.84 Å². The number of ether oxygens (including phenoxy) is 1. The van der Waals surface area contributed by atoms with Crippen LogP contribution in [0.5, 0.6) is 0 Å². The van der Waals surface area contributed by atoms with E-state index in [1.807, 2.05) is 0 Å². The molecule has 0 radical (unpaired) electrons. The number of carboxylic acid groups (broad SMARTS) is 1. The summed E-state index contributed by atoms with van der Waals surface area (Å²) in [6.07, 6.45) is 0.119. The van der Waals surface area contributed by atoms with Crippen LogP contribution in [-0.4, -0.2) is 55.2 Å². The van der Waals surface area contributed by atoms with Crippen molar-refractivity contribution in [2.75, 3.05) is 19.4 Å². The van der Waals surface area contributed by atoms with Crippen LogP contribution >= 0.6 is 0 Å². The number of nitrogens with zero attached hydrogens (tertiary/aromatic N) is 1. The molecule has 0 rings (SSSR count). The number of rotatable bonds is 7. The summed E-state index contributed by atoms with van der Waals surface area (Å²) in [7, 11) is -2.82. The molecule has 1 unspecified atom stereocenters. The maximum atomic E-state index is 11.7. The average Bonchev–Trinajstić information content (AvgIpc) is 2.17. The first-order chi connectivity index (χ1) is 7.76. The van der Waals surface area contributed by atoms with E-state index in [9.17, 15) is 18.0 Å². The van der Waals surface area contributed by atoms with Crippen molar-refractivity contribution in [3.63, 3.8) is 0 Å². The lowest BCUT2D eigenvalue weighted by atomic mass is 10.2. The van der Waals surface area contributed by atoms with E-state index in [0.717, 1.165) is 7.05 Å². The van der Waals surface area contributed by atoms with Crippen LogP contribution in [0.1, 0.15) is 20.3 Å². The van der Waals surface area contributed by atoms with Crippen LogP contribution in [-0.2, 0) is 24.3 Å². The van der Waals surface area contributed by atoms with Gasteiger partial charge in [0.05, 0.1) is 6.61 Å². The number of hydrogen-bond donors (Lipinski definition) is 1. The molecule has 8 heteroatoms. The van der Waals surface area contributed by atoms with E-state index in [0.29, 0.717) is 4.31 Å². The highest BCUT2D eigenvalue weighted by atomic mass is 32.2. The van der Waals surface area contributed by atoms with Gasteiger partial charge >= 0.3 is 11.9 Å². The lowest BCUT2D eigenvalue weighted by Gasteiger charge is -2.22. The number of carbonyl (C=O) groups excluding carboxylic acids is 1. The van der Waals surface area contributed by atoms with Crippen LogP contribution in [0, 0.1) is 0 Å². The van der Waals surface area contributed by atoms with E-state index in [1.165, 1.54) is 0 Å². The summed E-state index contributed by atoms with van der Waals surface area (Å²) in [5.41, 5.74) is 0. The van der Waals surface area contributed by atoms with E-state index >= 15 is 0 Å². The Kier molecular flexibility index (Phi) is 6.11. The molecule has 0 aliphatic rings. The SMILES string of the molecule is CCOC(=O)CS(=O)(=O)N(C)C(CC)C(=O)O. The van der Waals surface area contributed by atoms with Gasteiger partial charge in [-0.3, -0.25) is 9.59 Å². The van der Waals surface area contributed by atoms with E-state index in [1.54, 1.807) is 13.8 Å². The lowest BCUT2D eigenvalue weighted by Crippen LogP contribution is -2.44. The topological polar surface area (TPSA) is 101 Å². The fraction of sp³-hybridized carbons (Fsp3) is 0.778. The lowest BCUT2D eigenvalue weighted by molar-refractivity contribution is -0.142. The van der Waals surface area contributed by atoms with Crippen LogP contribution in [0.3, 0.4) is 0 Å². The fourth-order valence-corrected chi connectivity index (χ4v) is 2.45. The van der Waals surface area contributed by atoms with Gasteiger partial charge in [-0.2, -0.15) is 4.31 Å². The second kappa shape index (κ2) is 6.55. The Labute approximate surface area is 100 Å². The highest BCUT2D eigenvalue weighted by Crippen LogP contribution is 2.09. The monoisotopic (exact) mass is 267 g/mol. The first-order valence-electron chi connectivity index (χ1n) is 5.10. The molecule has 0 saturated carbocycles. The van der Waals surface area contributed by atoms with E-state index in [4.69, 9.17) is 5.11 Å². The number of carbonyl (C=O) groups is 2. The Morgan fingerprint density at radius 1 is 1.35 bits per heavy atom. The van der Waals surface area contributed by atoms with Crippen molar-refractivity contribution in [1.82, 2.24) is 4.31 Å². The first-order valence-corrected chi connectivity index (χ1v) is 6.71. The maximum Gasteiger partial charge on any atom is 0.322 e. The van der Waals surface area contributed by atoms with Crippen LogP contribution in [0.15, 0.2) is 0 Å². The molecule has 100 valence electrons. The molecule has 0 aromatic carbocycles. The zero-order chi connectivity index (χ0) is 13.6. The molecule has 0 saturated heterocycles. The maximum absolute atomic E-state index is 11.7. The van der Waals surface area contributed by atoms with Crippen molar-refractivity contribution < 1.29 is 27.9 Å². The quantitative estimate of drug-likeness (QED) is 0.634. The van der Waals surface area contributed by atoms with Gasteiger partial charge in [0.2, 0.25) is 10.0 Å². The third-order valence-electron chi connectivity index (χ3n) is 2.16. The predicted octanol–water partition coefficient (Wildman–Crippen LogP) is -0.326. The van der Waals surface area contributed by atoms with E-state index in [-0.39, 0.29) is 13.0 Å². The number of esters is 1. The Bertz CT molecular complexity index is 377. The minimum Gasteiger partial charge on any atom is -0.480 e. The van der Waals surface area contributed by atoms with Gasteiger partial charge in [0.15, 0.2) is 5.75 Å². The molecule has 17 heavy (non-hydrogen) atoms. The van der Waals surface area contributed by atoms with Gasteiger partial charge in [-0.05, 0) is 13.3 Å². The molecule has 0 fully saturated rings. The van der Waals surface area contributed by atoms with Gasteiger partial charge in [0.25, 0.3) is 0 Å². The summed E-state index contributed by atoms with van der Waals surface area (Å²) in [4.78, 5) is 21.9. The van der Waals surface area contributed by atoms with Crippen LogP contribution < -0.4 is 0 Å². The Balaban J connectivity index is 4.81. The molecular weight excluding hydrogens is 250 g/mol. The Hall–Kier alpha value is -1.15. The van der Waals surface area contributed by atoms with Crippen molar-refractivity contribution in [1.29, 1.82) is 0 Å². The Morgan fingerprint density at radius 3 is 2.24 bits per heavy atom. The number of sulfonamides is 1. The second-order valence-electron chi connectivity index (χ2n) is 3.34. The van der Waals surface area contributed by atoms with Crippen molar-refractivity contribution in [3.8, 4) is 0 Å². The molecule has 0 amide bonds. The molecule has 0 aromatic heterocycles. The summed E-state index contributed by atoms with van der Waals surface area (Å²) < 4.78 is 28.6. The molecule has 0 aromatic rings.